The molecule has 43 heavy (non-hydrogen) atoms. The van der Waals surface area contributed by atoms with Gasteiger partial charge in [-0.15, -0.1) is 0 Å². The van der Waals surface area contributed by atoms with Crippen LogP contribution in [0.2, 0.25) is 10.0 Å². The van der Waals surface area contributed by atoms with Crippen LogP contribution in [0.4, 0.5) is 0 Å². The zero-order chi connectivity index (χ0) is 30.6. The first-order chi connectivity index (χ1) is 20.5. The molecule has 10 nitrogen and oxygen atoms in total. The zero-order valence-corrected chi connectivity index (χ0v) is 25.2. The van der Waals surface area contributed by atoms with Gasteiger partial charge in [0.15, 0.2) is 5.69 Å². The van der Waals surface area contributed by atoms with Crippen molar-refractivity contribution in [2.45, 2.75) is 32.2 Å². The predicted molar refractivity (Wildman–Crippen MR) is 163 cm³/mol. The summed E-state index contributed by atoms with van der Waals surface area (Å²) in [6.07, 6.45) is 4.18. The fourth-order valence-corrected chi connectivity index (χ4v) is 6.22. The molecular formula is C31H28Cl2N6O4. The maximum absolute atomic E-state index is 14.2. The van der Waals surface area contributed by atoms with E-state index in [0.717, 1.165) is 16.7 Å². The summed E-state index contributed by atoms with van der Waals surface area (Å²) < 4.78 is 7.44. The number of pyridine rings is 1. The number of hydrogen-bond donors (Lipinski definition) is 2. The highest BCUT2D eigenvalue weighted by Gasteiger charge is 2.40. The quantitative estimate of drug-likeness (QED) is 0.339. The Balaban J connectivity index is 1.59. The molecule has 3 N–H and O–H groups in total. The maximum Gasteiger partial charge on any atom is 0.275 e. The van der Waals surface area contributed by atoms with Crippen molar-refractivity contribution in [2.75, 3.05) is 20.2 Å². The van der Waals surface area contributed by atoms with E-state index in [-0.39, 0.29) is 29.6 Å². The first kappa shape index (κ1) is 28.7. The summed E-state index contributed by atoms with van der Waals surface area (Å²) in [6.45, 7) is 4.07. The van der Waals surface area contributed by atoms with Gasteiger partial charge in [-0.25, -0.2) is 4.68 Å². The van der Waals surface area contributed by atoms with Crippen molar-refractivity contribution in [1.29, 1.82) is 0 Å². The molecule has 0 bridgehead atoms. The Hall–Kier alpha value is -4.41. The first-order valence-electron chi connectivity index (χ1n) is 13.6. The van der Waals surface area contributed by atoms with E-state index < -0.39 is 11.4 Å². The number of nitrogens with one attached hydrogen (secondary N) is 1. The van der Waals surface area contributed by atoms with E-state index in [0.29, 0.717) is 57.7 Å². The molecule has 2 aromatic carbocycles. The number of rotatable bonds is 5. The van der Waals surface area contributed by atoms with Gasteiger partial charge >= 0.3 is 0 Å². The molecule has 0 saturated carbocycles. The van der Waals surface area contributed by atoms with Crippen molar-refractivity contribution in [2.24, 2.45) is 5.73 Å². The number of nitrogens with two attached hydrogens (primary N) is 1. The topological polar surface area (TPSA) is 132 Å². The molecule has 12 heteroatoms. The van der Waals surface area contributed by atoms with Gasteiger partial charge in [-0.2, -0.15) is 5.10 Å². The summed E-state index contributed by atoms with van der Waals surface area (Å²) in [5, 5.41) is 8.52. The Morgan fingerprint density at radius 3 is 2.47 bits per heavy atom. The Labute approximate surface area is 257 Å². The molecule has 220 valence electrons. The van der Waals surface area contributed by atoms with E-state index in [2.05, 4.69) is 10.3 Å². The van der Waals surface area contributed by atoms with Gasteiger partial charge in [0.25, 0.3) is 5.91 Å². The van der Waals surface area contributed by atoms with Gasteiger partial charge in [0.05, 0.1) is 29.6 Å². The lowest BCUT2D eigenvalue weighted by atomic mass is 9.86. The van der Waals surface area contributed by atoms with Crippen LogP contribution < -0.4 is 15.8 Å². The second-order valence-corrected chi connectivity index (χ2v) is 12.1. The second-order valence-electron chi connectivity index (χ2n) is 11.2. The van der Waals surface area contributed by atoms with Crippen LogP contribution >= 0.6 is 23.2 Å². The summed E-state index contributed by atoms with van der Waals surface area (Å²) in [7, 11) is 1.58. The summed E-state index contributed by atoms with van der Waals surface area (Å²) >= 11 is 12.8. The third-order valence-electron chi connectivity index (χ3n) is 7.93. The SMILES string of the molecule is COc1cc2c(cc1-c1cncc(C(N)=O)c1)-c1c(c(C(=O)N3CC(=O)NCC3(C)C)nn1-c1cc(Cl)cc(Cl)c1)CC2. The van der Waals surface area contributed by atoms with Crippen molar-refractivity contribution < 1.29 is 19.1 Å². The van der Waals surface area contributed by atoms with E-state index in [1.54, 1.807) is 47.2 Å². The maximum atomic E-state index is 14.2. The molecule has 2 aliphatic rings. The number of fused-ring (bicyclic) bond motifs is 3. The molecule has 3 amide bonds. The Bertz CT molecular complexity index is 1810. The zero-order valence-electron chi connectivity index (χ0n) is 23.7. The highest BCUT2D eigenvalue weighted by molar-refractivity contribution is 6.34. The number of nitrogens with zero attached hydrogens (tertiary/aromatic N) is 4. The molecule has 6 rings (SSSR count). The Kier molecular flexibility index (Phi) is 7.14. The van der Waals surface area contributed by atoms with Gasteiger partial charge in [-0.1, -0.05) is 23.2 Å². The van der Waals surface area contributed by atoms with Crippen molar-refractivity contribution in [3.63, 3.8) is 0 Å². The fourth-order valence-electron chi connectivity index (χ4n) is 5.71. The molecule has 0 atom stereocenters. The van der Waals surface area contributed by atoms with Gasteiger partial charge < -0.3 is 20.7 Å². The molecule has 1 aliphatic heterocycles. The standard InChI is InChI=1S/C31H28Cl2N6O4/c1-31(2)15-36-26(40)14-38(31)30(42)27-22-5-4-16-7-25(43-3)23(17-6-18(29(34)41)13-35-12-17)11-24(16)28(22)39(37-27)21-9-19(32)8-20(33)10-21/h6-13H,4-5,14-15H2,1-3H3,(H2,34,41)(H,36,40). The van der Waals surface area contributed by atoms with E-state index >= 15 is 0 Å². The Morgan fingerprint density at radius 1 is 1.02 bits per heavy atom. The summed E-state index contributed by atoms with van der Waals surface area (Å²) in [6, 6.07) is 10.6. The number of aromatic nitrogens is 3. The van der Waals surface area contributed by atoms with Crippen LogP contribution in [-0.2, 0) is 17.6 Å². The molecular weight excluding hydrogens is 591 g/mol. The number of piperazine rings is 1. The molecule has 0 radical (unpaired) electrons. The predicted octanol–water partition coefficient (Wildman–Crippen LogP) is 4.46. The highest BCUT2D eigenvalue weighted by atomic mass is 35.5. The number of halogens is 2. The van der Waals surface area contributed by atoms with E-state index in [1.807, 2.05) is 26.0 Å². The van der Waals surface area contributed by atoms with Crippen molar-refractivity contribution in [1.82, 2.24) is 25.0 Å². The number of benzene rings is 2. The lowest BCUT2D eigenvalue weighted by Crippen LogP contribution is -2.62. The molecule has 0 unspecified atom stereocenters. The van der Waals surface area contributed by atoms with Gasteiger partial charge in [0.1, 0.15) is 12.3 Å². The molecule has 4 aromatic rings. The third kappa shape index (κ3) is 5.10. The number of primary amides is 1. The van der Waals surface area contributed by atoms with Crippen molar-refractivity contribution in [3.05, 3.63) is 81.2 Å². The normalized spacial score (nSPS) is 15.4. The number of methoxy groups -OCH3 is 1. The van der Waals surface area contributed by atoms with Crippen molar-refractivity contribution in [3.8, 4) is 33.8 Å². The van der Waals surface area contributed by atoms with Gasteiger partial charge in [-0.05, 0) is 68.7 Å². The van der Waals surface area contributed by atoms with Crippen molar-refractivity contribution >= 4 is 40.9 Å². The van der Waals surface area contributed by atoms with Crippen LogP contribution in [0.3, 0.4) is 0 Å². The Morgan fingerprint density at radius 2 is 1.77 bits per heavy atom. The summed E-state index contributed by atoms with van der Waals surface area (Å²) in [4.78, 5) is 44.2. The average Bonchev–Trinajstić information content (AvgIpc) is 3.37. The summed E-state index contributed by atoms with van der Waals surface area (Å²) in [5.74, 6) is -0.559. The highest BCUT2D eigenvalue weighted by Crippen LogP contribution is 2.43. The fraction of sp³-hybridized carbons (Fsp3) is 0.258. The van der Waals surface area contributed by atoms with Gasteiger partial charge in [0.2, 0.25) is 11.8 Å². The lowest BCUT2D eigenvalue weighted by molar-refractivity contribution is -0.126. The van der Waals surface area contributed by atoms with Crippen LogP contribution in [0.25, 0.3) is 28.1 Å². The van der Waals surface area contributed by atoms with Crippen LogP contribution in [0.15, 0.2) is 48.8 Å². The molecule has 3 heterocycles. The first-order valence-corrected chi connectivity index (χ1v) is 14.4. The van der Waals surface area contributed by atoms with E-state index in [4.69, 9.17) is 38.8 Å². The van der Waals surface area contributed by atoms with Crippen LogP contribution in [-0.4, -0.2) is 63.1 Å². The number of aryl methyl sites for hydroxylation is 1. The average molecular weight is 620 g/mol. The third-order valence-corrected chi connectivity index (χ3v) is 8.37. The molecule has 1 aliphatic carbocycles. The largest absolute Gasteiger partial charge is 0.496 e. The molecule has 0 spiro atoms. The minimum Gasteiger partial charge on any atom is -0.496 e. The van der Waals surface area contributed by atoms with E-state index in [1.165, 1.54) is 6.20 Å². The number of carbonyl (C=O) groups is 3. The van der Waals surface area contributed by atoms with Gasteiger partial charge in [0, 0.05) is 51.2 Å². The number of amides is 3. The van der Waals surface area contributed by atoms with Crippen LogP contribution in [0, 0.1) is 0 Å². The minimum atomic E-state index is -0.618. The number of carbonyl (C=O) groups excluding carboxylic acids is 3. The van der Waals surface area contributed by atoms with Crippen LogP contribution in [0.1, 0.15) is 45.8 Å². The molecule has 1 saturated heterocycles. The second kappa shape index (κ2) is 10.7. The molecule has 1 fully saturated rings. The van der Waals surface area contributed by atoms with Crippen LogP contribution in [0.5, 0.6) is 5.75 Å². The summed E-state index contributed by atoms with van der Waals surface area (Å²) in [5.41, 5.74) is 10.6. The number of hydrogen-bond acceptors (Lipinski definition) is 6. The van der Waals surface area contributed by atoms with E-state index in [9.17, 15) is 14.4 Å². The lowest BCUT2D eigenvalue weighted by Gasteiger charge is -2.41. The smallest absolute Gasteiger partial charge is 0.275 e. The number of ether oxygens (including phenoxy) is 1. The van der Waals surface area contributed by atoms with Gasteiger partial charge in [-0.3, -0.25) is 19.4 Å². The molecule has 2 aromatic heterocycles. The monoisotopic (exact) mass is 618 g/mol. The minimum absolute atomic E-state index is 0.0718.